The maximum atomic E-state index is 12.9. The highest BCUT2D eigenvalue weighted by atomic mass is 19.3. The minimum Gasteiger partial charge on any atom is -0.480 e. The summed E-state index contributed by atoms with van der Waals surface area (Å²) in [7, 11) is 0. The van der Waals surface area contributed by atoms with Crippen LogP contribution in [0, 0.1) is 5.82 Å². The van der Waals surface area contributed by atoms with Gasteiger partial charge in [0.05, 0.1) is 5.92 Å². The van der Waals surface area contributed by atoms with Gasteiger partial charge in [-0.3, -0.25) is 4.79 Å². The van der Waals surface area contributed by atoms with E-state index in [1.165, 1.54) is 24.3 Å². The Morgan fingerprint density at radius 2 is 1.81 bits per heavy atom. The van der Waals surface area contributed by atoms with E-state index < -0.39 is 42.5 Å². The Bertz CT molecular complexity index is 491. The van der Waals surface area contributed by atoms with Gasteiger partial charge in [0.2, 0.25) is 12.3 Å². The van der Waals surface area contributed by atoms with Crippen molar-refractivity contribution >= 4 is 11.9 Å². The first-order chi connectivity index (χ1) is 9.85. The van der Waals surface area contributed by atoms with Crippen LogP contribution in [0.5, 0.6) is 0 Å². The number of carbonyl (C=O) groups is 2. The third-order valence-electron chi connectivity index (χ3n) is 3.03. The predicted octanol–water partition coefficient (Wildman–Crippen LogP) is 2.54. The van der Waals surface area contributed by atoms with Crippen molar-refractivity contribution in [3.8, 4) is 0 Å². The van der Waals surface area contributed by atoms with Gasteiger partial charge in [-0.1, -0.05) is 19.1 Å². The molecular weight excluding hydrogens is 287 g/mol. The minimum atomic E-state index is -2.84. The Morgan fingerprint density at radius 1 is 1.24 bits per heavy atom. The molecule has 0 spiro atoms. The number of halogens is 3. The number of amides is 1. The van der Waals surface area contributed by atoms with Crippen LogP contribution < -0.4 is 5.32 Å². The maximum absolute atomic E-state index is 12.9. The molecule has 0 aliphatic carbocycles. The van der Waals surface area contributed by atoms with Crippen LogP contribution in [-0.4, -0.2) is 29.5 Å². The molecule has 2 N–H and O–H groups in total. The Balaban J connectivity index is 2.82. The summed E-state index contributed by atoms with van der Waals surface area (Å²) in [4.78, 5) is 22.9. The summed E-state index contributed by atoms with van der Waals surface area (Å²) in [6.45, 7) is 1.69. The lowest BCUT2D eigenvalue weighted by Crippen LogP contribution is -2.44. The SMILES string of the molecule is CCC(C(=O)NC(CC(F)F)C(=O)O)c1ccc(F)cc1. The summed E-state index contributed by atoms with van der Waals surface area (Å²) in [6, 6.07) is 3.53. The van der Waals surface area contributed by atoms with E-state index in [0.29, 0.717) is 12.0 Å². The quantitative estimate of drug-likeness (QED) is 0.813. The molecule has 21 heavy (non-hydrogen) atoms. The third-order valence-corrected chi connectivity index (χ3v) is 3.03. The van der Waals surface area contributed by atoms with Crippen LogP contribution in [0.3, 0.4) is 0 Å². The number of aliphatic carboxylic acids is 1. The molecule has 1 amide bonds. The molecule has 116 valence electrons. The number of carbonyl (C=O) groups excluding carboxylic acids is 1. The topological polar surface area (TPSA) is 66.4 Å². The summed E-state index contributed by atoms with van der Waals surface area (Å²) in [5.41, 5.74) is 0.498. The molecule has 2 atom stereocenters. The van der Waals surface area contributed by atoms with Gasteiger partial charge >= 0.3 is 5.97 Å². The summed E-state index contributed by atoms with van der Waals surface area (Å²) in [5, 5.41) is 10.9. The van der Waals surface area contributed by atoms with E-state index in [4.69, 9.17) is 5.11 Å². The fraction of sp³-hybridized carbons (Fsp3) is 0.429. The van der Waals surface area contributed by atoms with Crippen molar-refractivity contribution in [2.75, 3.05) is 0 Å². The number of benzene rings is 1. The molecule has 0 heterocycles. The number of carboxylic acids is 1. The zero-order chi connectivity index (χ0) is 16.0. The van der Waals surface area contributed by atoms with E-state index in [1.807, 2.05) is 0 Å². The van der Waals surface area contributed by atoms with Gasteiger partial charge in [0.15, 0.2) is 0 Å². The van der Waals surface area contributed by atoms with Gasteiger partial charge in [-0.05, 0) is 24.1 Å². The molecule has 0 saturated carbocycles. The van der Waals surface area contributed by atoms with E-state index in [2.05, 4.69) is 5.32 Å². The predicted molar refractivity (Wildman–Crippen MR) is 69.6 cm³/mol. The Morgan fingerprint density at radius 3 is 2.24 bits per heavy atom. The first-order valence-corrected chi connectivity index (χ1v) is 6.42. The molecule has 0 radical (unpaired) electrons. The first-order valence-electron chi connectivity index (χ1n) is 6.42. The highest BCUT2D eigenvalue weighted by molar-refractivity contribution is 5.88. The molecule has 0 aliphatic heterocycles. The second-order valence-electron chi connectivity index (χ2n) is 4.54. The molecular formula is C14H16F3NO3. The lowest BCUT2D eigenvalue weighted by molar-refractivity contribution is -0.143. The fourth-order valence-corrected chi connectivity index (χ4v) is 1.94. The van der Waals surface area contributed by atoms with Gasteiger partial charge in [0.1, 0.15) is 11.9 Å². The average Bonchev–Trinajstić information content (AvgIpc) is 2.40. The van der Waals surface area contributed by atoms with Crippen LogP contribution in [0.1, 0.15) is 31.2 Å². The van der Waals surface area contributed by atoms with Crippen LogP contribution in [0.15, 0.2) is 24.3 Å². The summed E-state index contributed by atoms with van der Waals surface area (Å²) < 4.78 is 37.4. The summed E-state index contributed by atoms with van der Waals surface area (Å²) in [5.74, 6) is -3.37. The molecule has 0 fully saturated rings. The van der Waals surface area contributed by atoms with Crippen molar-refractivity contribution in [1.82, 2.24) is 5.32 Å². The minimum absolute atomic E-state index is 0.332. The Kier molecular flexibility index (Phi) is 6.20. The fourth-order valence-electron chi connectivity index (χ4n) is 1.94. The van der Waals surface area contributed by atoms with Gasteiger partial charge in [-0.25, -0.2) is 18.0 Å². The van der Waals surface area contributed by atoms with Gasteiger partial charge < -0.3 is 10.4 Å². The molecule has 4 nitrogen and oxygen atoms in total. The lowest BCUT2D eigenvalue weighted by Gasteiger charge is -2.19. The van der Waals surface area contributed by atoms with E-state index in [1.54, 1.807) is 6.92 Å². The highest BCUT2D eigenvalue weighted by Crippen LogP contribution is 2.20. The number of carboxylic acid groups (broad SMARTS) is 1. The number of nitrogens with one attached hydrogen (secondary N) is 1. The molecule has 2 unspecified atom stereocenters. The highest BCUT2D eigenvalue weighted by Gasteiger charge is 2.27. The van der Waals surface area contributed by atoms with E-state index in [9.17, 15) is 22.8 Å². The number of alkyl halides is 2. The maximum Gasteiger partial charge on any atom is 0.326 e. The standard InChI is InChI=1S/C14H16F3NO3/c1-2-10(8-3-5-9(15)6-4-8)13(19)18-11(14(20)21)7-12(16)17/h3-6,10-12H,2,7H2,1H3,(H,18,19)(H,20,21). The number of hydrogen-bond acceptors (Lipinski definition) is 2. The first kappa shape index (κ1) is 17.0. The molecule has 0 saturated heterocycles. The largest absolute Gasteiger partial charge is 0.480 e. The number of hydrogen-bond donors (Lipinski definition) is 2. The molecule has 0 aliphatic rings. The van der Waals surface area contributed by atoms with Crippen molar-refractivity contribution in [3.05, 3.63) is 35.6 Å². The van der Waals surface area contributed by atoms with Gasteiger partial charge in [-0.15, -0.1) is 0 Å². The zero-order valence-electron chi connectivity index (χ0n) is 11.4. The van der Waals surface area contributed by atoms with Crippen LogP contribution >= 0.6 is 0 Å². The molecule has 1 aromatic carbocycles. The van der Waals surface area contributed by atoms with E-state index >= 15 is 0 Å². The van der Waals surface area contributed by atoms with Gasteiger partial charge in [-0.2, -0.15) is 0 Å². The Labute approximate surface area is 120 Å². The van der Waals surface area contributed by atoms with Crippen LogP contribution in [0.4, 0.5) is 13.2 Å². The molecule has 0 aromatic heterocycles. The van der Waals surface area contributed by atoms with E-state index in [0.717, 1.165) is 0 Å². The Hall–Kier alpha value is -2.05. The smallest absolute Gasteiger partial charge is 0.326 e. The second-order valence-corrected chi connectivity index (χ2v) is 4.54. The molecule has 1 aromatic rings. The van der Waals surface area contributed by atoms with Crippen molar-refractivity contribution in [1.29, 1.82) is 0 Å². The average molecular weight is 303 g/mol. The van der Waals surface area contributed by atoms with Gasteiger partial charge in [0.25, 0.3) is 0 Å². The van der Waals surface area contributed by atoms with Crippen molar-refractivity contribution in [2.45, 2.75) is 38.2 Å². The van der Waals surface area contributed by atoms with E-state index in [-0.39, 0.29) is 0 Å². The summed E-state index contributed by atoms with van der Waals surface area (Å²) >= 11 is 0. The van der Waals surface area contributed by atoms with Crippen molar-refractivity contribution < 1.29 is 27.9 Å². The zero-order valence-corrected chi connectivity index (χ0v) is 11.4. The third kappa shape index (κ3) is 5.09. The lowest BCUT2D eigenvalue weighted by atomic mass is 9.95. The normalized spacial score (nSPS) is 13.8. The molecule has 0 bridgehead atoms. The van der Waals surface area contributed by atoms with Crippen LogP contribution in [-0.2, 0) is 9.59 Å². The van der Waals surface area contributed by atoms with Crippen molar-refractivity contribution in [3.63, 3.8) is 0 Å². The van der Waals surface area contributed by atoms with Crippen LogP contribution in [0.2, 0.25) is 0 Å². The van der Waals surface area contributed by atoms with Crippen LogP contribution in [0.25, 0.3) is 0 Å². The number of rotatable bonds is 7. The van der Waals surface area contributed by atoms with Gasteiger partial charge in [0, 0.05) is 6.42 Å². The second kappa shape index (κ2) is 7.66. The molecule has 1 rings (SSSR count). The summed E-state index contributed by atoms with van der Waals surface area (Å²) in [6.07, 6.45) is -3.46. The monoisotopic (exact) mass is 303 g/mol. The van der Waals surface area contributed by atoms with Crippen molar-refractivity contribution in [2.24, 2.45) is 0 Å². The molecule has 7 heteroatoms.